The summed E-state index contributed by atoms with van der Waals surface area (Å²) >= 11 is 12.0. The van der Waals surface area contributed by atoms with E-state index < -0.39 is 23.7 Å². The fraction of sp³-hybridized carbons (Fsp3) is 0.148. The van der Waals surface area contributed by atoms with Crippen molar-refractivity contribution in [3.63, 3.8) is 0 Å². The van der Waals surface area contributed by atoms with Gasteiger partial charge in [-0.05, 0) is 29.8 Å². The molecule has 5 heterocycles. The topological polar surface area (TPSA) is 105 Å². The van der Waals surface area contributed by atoms with E-state index in [0.717, 1.165) is 11.6 Å². The molecule has 0 aliphatic heterocycles. The lowest BCUT2D eigenvalue weighted by molar-refractivity contribution is -0.141. The summed E-state index contributed by atoms with van der Waals surface area (Å²) in [5, 5.41) is 20.0. The lowest BCUT2D eigenvalue weighted by Crippen LogP contribution is -2.16. The summed E-state index contributed by atoms with van der Waals surface area (Å²) in [5.74, 6) is -0.686. The Morgan fingerprint density at radius 3 is 2.35 bits per heavy atom. The average molecular weight is 629 g/mol. The molecule has 218 valence electrons. The lowest BCUT2D eigenvalue weighted by Gasteiger charge is -2.19. The molecule has 6 rings (SSSR count). The summed E-state index contributed by atoms with van der Waals surface area (Å²) < 4.78 is 59.2. The summed E-state index contributed by atoms with van der Waals surface area (Å²) in [6.45, 7) is 0. The van der Waals surface area contributed by atoms with Crippen LogP contribution in [0.3, 0.4) is 0 Å². The third kappa shape index (κ3) is 5.70. The molecule has 0 saturated carbocycles. The number of aryl methyl sites for hydroxylation is 1. The molecular weight excluding hydrogens is 611 g/mol. The van der Waals surface area contributed by atoms with Gasteiger partial charge in [-0.2, -0.15) is 18.3 Å². The maximum Gasteiger partial charge on any atom is 0.433 e. The molecule has 5 aromatic heterocycles. The molecule has 0 aliphatic carbocycles. The molecule has 0 N–H and O–H groups in total. The quantitative estimate of drug-likeness (QED) is 0.199. The van der Waals surface area contributed by atoms with Crippen molar-refractivity contribution in [2.75, 3.05) is 0 Å². The van der Waals surface area contributed by atoms with Gasteiger partial charge in [0.2, 0.25) is 0 Å². The zero-order chi connectivity index (χ0) is 30.3. The van der Waals surface area contributed by atoms with E-state index in [1.807, 2.05) is 0 Å². The van der Waals surface area contributed by atoms with Crippen molar-refractivity contribution in [3.05, 3.63) is 107 Å². The average Bonchev–Trinajstić information content (AvgIpc) is 3.74. The van der Waals surface area contributed by atoms with Crippen molar-refractivity contribution in [3.8, 4) is 28.1 Å². The highest BCUT2D eigenvalue weighted by Gasteiger charge is 2.32. The second-order valence-electron chi connectivity index (χ2n) is 9.43. The first-order chi connectivity index (χ1) is 20.6. The Bertz CT molecular complexity index is 1900. The van der Waals surface area contributed by atoms with Crippen molar-refractivity contribution >= 4 is 23.2 Å². The molecule has 0 radical (unpaired) electrons. The van der Waals surface area contributed by atoms with Gasteiger partial charge in [0.1, 0.15) is 5.69 Å². The van der Waals surface area contributed by atoms with E-state index in [-0.39, 0.29) is 22.2 Å². The Labute approximate surface area is 250 Å². The molecule has 6 aromatic rings. The van der Waals surface area contributed by atoms with E-state index >= 15 is 4.39 Å². The van der Waals surface area contributed by atoms with Crippen LogP contribution < -0.4 is 0 Å². The SMILES string of the molecule is Cn1nncc1-c1cnn([C@@H](Cc2ccc(C(F)(F)F)nc2)c2ccc(-c3c(-n4cc(Cl)nn4)ccc(Cl)c3F)cn2)c1. The molecule has 1 aromatic carbocycles. The number of rotatable bonds is 7. The van der Waals surface area contributed by atoms with Crippen LogP contribution in [0.2, 0.25) is 10.2 Å². The second kappa shape index (κ2) is 11.2. The first-order valence-electron chi connectivity index (χ1n) is 12.5. The monoisotopic (exact) mass is 628 g/mol. The standard InChI is InChI=1S/C27H18Cl2F4N10/c1-41-22(12-36-39-41)17-11-37-42(13-17)21(8-15-2-7-23(35-9-15)27(31,32)33)19-5-3-16(10-34-19)25-20(6-4-18(28)26(25)30)43-14-24(29)38-40-43/h2-7,9-14,21H,8H2,1H3/t21-/m0/s1. The first kappa shape index (κ1) is 28.4. The Balaban J connectivity index is 1.39. The fourth-order valence-electron chi connectivity index (χ4n) is 4.58. The van der Waals surface area contributed by atoms with Crippen LogP contribution >= 0.6 is 23.2 Å². The van der Waals surface area contributed by atoms with E-state index in [0.29, 0.717) is 28.2 Å². The number of alkyl halides is 3. The predicted molar refractivity (Wildman–Crippen MR) is 148 cm³/mol. The van der Waals surface area contributed by atoms with E-state index in [4.69, 9.17) is 23.2 Å². The number of benzene rings is 1. The van der Waals surface area contributed by atoms with E-state index in [2.05, 4.69) is 35.7 Å². The van der Waals surface area contributed by atoms with Crippen LogP contribution in [-0.4, -0.2) is 49.7 Å². The molecule has 0 aliphatic rings. The molecule has 10 nitrogen and oxygen atoms in total. The molecule has 1 atom stereocenters. The smallest absolute Gasteiger partial charge is 0.263 e. The minimum Gasteiger partial charge on any atom is -0.263 e. The third-order valence-corrected chi connectivity index (χ3v) is 7.14. The number of nitrogens with zero attached hydrogens (tertiary/aromatic N) is 10. The summed E-state index contributed by atoms with van der Waals surface area (Å²) in [5.41, 5.74) is 2.32. The third-order valence-electron chi connectivity index (χ3n) is 6.68. The van der Waals surface area contributed by atoms with Gasteiger partial charge < -0.3 is 0 Å². The van der Waals surface area contributed by atoms with Crippen LogP contribution in [-0.2, 0) is 19.6 Å². The highest BCUT2D eigenvalue weighted by molar-refractivity contribution is 6.31. The molecule has 0 unspecified atom stereocenters. The lowest BCUT2D eigenvalue weighted by atomic mass is 10.0. The Hall–Kier alpha value is -4.69. The van der Waals surface area contributed by atoms with Crippen LogP contribution in [0.1, 0.15) is 23.0 Å². The summed E-state index contributed by atoms with van der Waals surface area (Å²) in [7, 11) is 1.74. The van der Waals surface area contributed by atoms with Crippen LogP contribution in [0.5, 0.6) is 0 Å². The van der Waals surface area contributed by atoms with Crippen molar-refractivity contribution in [1.82, 2.24) is 49.7 Å². The van der Waals surface area contributed by atoms with Gasteiger partial charge in [-0.1, -0.05) is 45.8 Å². The van der Waals surface area contributed by atoms with Crippen LogP contribution in [0, 0.1) is 5.82 Å². The molecule has 0 bridgehead atoms. The highest BCUT2D eigenvalue weighted by Crippen LogP contribution is 2.35. The van der Waals surface area contributed by atoms with Gasteiger partial charge in [0.05, 0.1) is 46.7 Å². The molecule has 43 heavy (non-hydrogen) atoms. The molecule has 0 amide bonds. The van der Waals surface area contributed by atoms with E-state index in [1.165, 1.54) is 35.4 Å². The minimum absolute atomic E-state index is 0.101. The van der Waals surface area contributed by atoms with Crippen molar-refractivity contribution < 1.29 is 17.6 Å². The molecule has 16 heteroatoms. The largest absolute Gasteiger partial charge is 0.433 e. The van der Waals surface area contributed by atoms with Gasteiger partial charge in [0.15, 0.2) is 11.0 Å². The van der Waals surface area contributed by atoms with Gasteiger partial charge >= 0.3 is 6.18 Å². The van der Waals surface area contributed by atoms with Crippen molar-refractivity contribution in [2.45, 2.75) is 18.6 Å². The number of halogens is 6. The highest BCUT2D eigenvalue weighted by atomic mass is 35.5. The second-order valence-corrected chi connectivity index (χ2v) is 10.2. The maximum atomic E-state index is 15.4. The van der Waals surface area contributed by atoms with Crippen LogP contribution in [0.4, 0.5) is 17.6 Å². The summed E-state index contributed by atoms with van der Waals surface area (Å²) in [6.07, 6.45) is 4.70. The summed E-state index contributed by atoms with van der Waals surface area (Å²) in [4.78, 5) is 8.20. The number of aromatic nitrogens is 10. The number of hydrogen-bond donors (Lipinski definition) is 0. The van der Waals surface area contributed by atoms with Gasteiger partial charge in [-0.25, -0.2) is 13.8 Å². The van der Waals surface area contributed by atoms with E-state index in [1.54, 1.807) is 53.2 Å². The van der Waals surface area contributed by atoms with Crippen molar-refractivity contribution in [2.24, 2.45) is 7.05 Å². The normalized spacial score (nSPS) is 12.5. The Kier molecular flexibility index (Phi) is 7.40. The van der Waals surface area contributed by atoms with Gasteiger partial charge in [0, 0.05) is 48.7 Å². The maximum absolute atomic E-state index is 15.4. The van der Waals surface area contributed by atoms with Crippen LogP contribution in [0.25, 0.3) is 28.1 Å². The molecule has 0 spiro atoms. The fourth-order valence-corrected chi connectivity index (χ4v) is 4.86. The van der Waals surface area contributed by atoms with E-state index in [9.17, 15) is 13.2 Å². The molecule has 0 fully saturated rings. The zero-order valence-electron chi connectivity index (χ0n) is 22.0. The minimum atomic E-state index is -4.56. The van der Waals surface area contributed by atoms with Gasteiger partial charge in [-0.3, -0.25) is 14.6 Å². The van der Waals surface area contributed by atoms with Crippen molar-refractivity contribution in [1.29, 1.82) is 0 Å². The summed E-state index contributed by atoms with van der Waals surface area (Å²) in [6, 6.07) is 8.05. The number of hydrogen-bond acceptors (Lipinski definition) is 7. The van der Waals surface area contributed by atoms with Gasteiger partial charge in [-0.15, -0.1) is 10.2 Å². The number of pyridine rings is 2. The van der Waals surface area contributed by atoms with Gasteiger partial charge in [0.25, 0.3) is 0 Å². The Morgan fingerprint density at radius 2 is 1.72 bits per heavy atom. The molecule has 0 saturated heterocycles. The predicted octanol–water partition coefficient (Wildman–Crippen LogP) is 6.01. The zero-order valence-corrected chi connectivity index (χ0v) is 23.5. The Morgan fingerprint density at radius 1 is 0.884 bits per heavy atom. The molecular formula is C27H18Cl2F4N10. The first-order valence-corrected chi connectivity index (χ1v) is 13.3. The van der Waals surface area contributed by atoms with Crippen LogP contribution in [0.15, 0.2) is 73.6 Å².